The molecule has 0 atom stereocenters. The molecule has 0 saturated carbocycles. The Kier molecular flexibility index (Phi) is 5.94. The van der Waals surface area contributed by atoms with E-state index in [1.54, 1.807) is 0 Å². The second kappa shape index (κ2) is 7.29. The smallest absolute Gasteiger partial charge is 0.0411 e. The third kappa shape index (κ3) is 3.24. The fourth-order valence-corrected chi connectivity index (χ4v) is 2.13. The van der Waals surface area contributed by atoms with Crippen molar-refractivity contribution in [2.75, 3.05) is 18.0 Å². The van der Waals surface area contributed by atoms with Gasteiger partial charge in [0.2, 0.25) is 0 Å². The minimum Gasteiger partial charge on any atom is -0.371 e. The fourth-order valence-electron chi connectivity index (χ4n) is 2.13. The van der Waals surface area contributed by atoms with E-state index in [4.69, 9.17) is 5.73 Å². The van der Waals surface area contributed by atoms with Crippen LogP contribution in [0.25, 0.3) is 0 Å². The zero-order valence-corrected chi connectivity index (χ0v) is 10.6. The van der Waals surface area contributed by atoms with Crippen LogP contribution < -0.4 is 10.6 Å². The molecule has 1 aromatic rings. The lowest BCUT2D eigenvalue weighted by Gasteiger charge is -2.30. The number of rotatable bonds is 2. The molecule has 2 N–H and O–H groups in total. The number of anilines is 1. The molecule has 2 nitrogen and oxygen atoms in total. The number of benzene rings is 1. The Morgan fingerprint density at radius 1 is 1.06 bits per heavy atom. The number of para-hydroxylation sites is 1. The van der Waals surface area contributed by atoms with Gasteiger partial charge < -0.3 is 10.6 Å². The summed E-state index contributed by atoms with van der Waals surface area (Å²) in [6.07, 6.45) is 4.01. The Hall–Kier alpha value is -1.02. The van der Waals surface area contributed by atoms with Crippen LogP contribution in [0.2, 0.25) is 0 Å². The van der Waals surface area contributed by atoms with Crippen LogP contribution in [0.15, 0.2) is 24.3 Å². The summed E-state index contributed by atoms with van der Waals surface area (Å²) < 4.78 is 0. The van der Waals surface area contributed by atoms with Crippen LogP contribution in [-0.2, 0) is 6.54 Å². The molecule has 1 aromatic carbocycles. The highest BCUT2D eigenvalue weighted by atomic mass is 15.1. The summed E-state index contributed by atoms with van der Waals surface area (Å²) in [4.78, 5) is 2.46. The molecule has 0 aliphatic carbocycles. The summed E-state index contributed by atoms with van der Waals surface area (Å²) in [5.74, 6) is 0. The van der Waals surface area contributed by atoms with Gasteiger partial charge in [0.1, 0.15) is 0 Å². The van der Waals surface area contributed by atoms with Gasteiger partial charge >= 0.3 is 0 Å². The Morgan fingerprint density at radius 3 is 2.31 bits per heavy atom. The predicted octanol–water partition coefficient (Wildman–Crippen LogP) is 3.16. The molecule has 0 unspecified atom stereocenters. The van der Waals surface area contributed by atoms with Crippen molar-refractivity contribution in [1.29, 1.82) is 0 Å². The van der Waals surface area contributed by atoms with E-state index in [1.165, 1.54) is 43.6 Å². The van der Waals surface area contributed by atoms with Gasteiger partial charge in [-0.25, -0.2) is 0 Å². The summed E-state index contributed by atoms with van der Waals surface area (Å²) in [5, 5.41) is 0. The largest absolute Gasteiger partial charge is 0.371 e. The Labute approximate surface area is 99.5 Å². The summed E-state index contributed by atoms with van der Waals surface area (Å²) in [5.41, 5.74) is 8.35. The maximum atomic E-state index is 5.73. The molecule has 1 saturated heterocycles. The molecule has 2 rings (SSSR count). The van der Waals surface area contributed by atoms with Crippen molar-refractivity contribution in [1.82, 2.24) is 0 Å². The standard InChI is InChI=1S/C12H18N2.C2H6/c13-10-11-6-2-3-7-12(11)14-8-4-1-5-9-14;1-2/h2-3,6-7H,1,4-5,8-10,13H2;1-2H3. The predicted molar refractivity (Wildman–Crippen MR) is 71.7 cm³/mol. The molecule has 90 valence electrons. The molecule has 1 aliphatic rings. The summed E-state index contributed by atoms with van der Waals surface area (Å²) in [6, 6.07) is 8.48. The Balaban J connectivity index is 0.000000606. The summed E-state index contributed by atoms with van der Waals surface area (Å²) >= 11 is 0. The van der Waals surface area contributed by atoms with Gasteiger partial charge in [0.05, 0.1) is 0 Å². The minimum absolute atomic E-state index is 0.646. The van der Waals surface area contributed by atoms with Crippen molar-refractivity contribution in [2.45, 2.75) is 39.7 Å². The molecule has 0 spiro atoms. The van der Waals surface area contributed by atoms with E-state index < -0.39 is 0 Å². The minimum atomic E-state index is 0.646. The Morgan fingerprint density at radius 2 is 1.69 bits per heavy atom. The van der Waals surface area contributed by atoms with Gasteiger partial charge in [0, 0.05) is 25.3 Å². The third-order valence-corrected chi connectivity index (χ3v) is 2.91. The first kappa shape index (κ1) is 13.0. The maximum absolute atomic E-state index is 5.73. The molecule has 0 radical (unpaired) electrons. The normalized spacial score (nSPS) is 15.3. The number of hydrogen-bond donors (Lipinski definition) is 1. The van der Waals surface area contributed by atoms with E-state index in [2.05, 4.69) is 29.2 Å². The summed E-state index contributed by atoms with van der Waals surface area (Å²) in [6.45, 7) is 7.03. The zero-order valence-electron chi connectivity index (χ0n) is 10.6. The van der Waals surface area contributed by atoms with Crippen molar-refractivity contribution in [3.05, 3.63) is 29.8 Å². The van der Waals surface area contributed by atoms with Gasteiger partial charge in [0.15, 0.2) is 0 Å². The molecular formula is C14H24N2. The van der Waals surface area contributed by atoms with Crippen LogP contribution in [0.5, 0.6) is 0 Å². The average Bonchev–Trinajstić information content (AvgIpc) is 2.42. The van der Waals surface area contributed by atoms with Gasteiger partial charge in [-0.05, 0) is 30.9 Å². The van der Waals surface area contributed by atoms with Crippen LogP contribution >= 0.6 is 0 Å². The first-order valence-corrected chi connectivity index (χ1v) is 6.45. The molecule has 16 heavy (non-hydrogen) atoms. The molecule has 1 fully saturated rings. The molecule has 1 aliphatic heterocycles. The quantitative estimate of drug-likeness (QED) is 0.829. The average molecular weight is 220 g/mol. The lowest BCUT2D eigenvalue weighted by Crippen LogP contribution is -2.30. The first-order valence-electron chi connectivity index (χ1n) is 6.45. The molecule has 2 heteroatoms. The van der Waals surface area contributed by atoms with Gasteiger partial charge in [-0.3, -0.25) is 0 Å². The van der Waals surface area contributed by atoms with Crippen molar-refractivity contribution >= 4 is 5.69 Å². The Bertz CT molecular complexity index is 291. The first-order chi connectivity index (χ1) is 7.92. The highest BCUT2D eigenvalue weighted by Crippen LogP contribution is 2.23. The fraction of sp³-hybridized carbons (Fsp3) is 0.571. The topological polar surface area (TPSA) is 29.3 Å². The summed E-state index contributed by atoms with van der Waals surface area (Å²) in [7, 11) is 0. The lowest BCUT2D eigenvalue weighted by atomic mass is 10.1. The third-order valence-electron chi connectivity index (χ3n) is 2.91. The lowest BCUT2D eigenvalue weighted by molar-refractivity contribution is 0.576. The van der Waals surface area contributed by atoms with Crippen LogP contribution in [0, 0.1) is 0 Å². The van der Waals surface area contributed by atoms with Crippen molar-refractivity contribution in [3.63, 3.8) is 0 Å². The van der Waals surface area contributed by atoms with E-state index in [-0.39, 0.29) is 0 Å². The number of piperidine rings is 1. The van der Waals surface area contributed by atoms with Crippen molar-refractivity contribution < 1.29 is 0 Å². The number of nitrogens with two attached hydrogens (primary N) is 1. The van der Waals surface area contributed by atoms with Gasteiger partial charge in [-0.1, -0.05) is 32.0 Å². The molecular weight excluding hydrogens is 196 g/mol. The van der Waals surface area contributed by atoms with Crippen LogP contribution in [0.3, 0.4) is 0 Å². The maximum Gasteiger partial charge on any atom is 0.0411 e. The van der Waals surface area contributed by atoms with Gasteiger partial charge in [0.25, 0.3) is 0 Å². The van der Waals surface area contributed by atoms with E-state index >= 15 is 0 Å². The zero-order chi connectivity index (χ0) is 11.8. The monoisotopic (exact) mass is 220 g/mol. The van der Waals surface area contributed by atoms with Crippen molar-refractivity contribution in [3.8, 4) is 0 Å². The molecule has 1 heterocycles. The molecule has 0 amide bonds. The van der Waals surface area contributed by atoms with Crippen LogP contribution in [-0.4, -0.2) is 13.1 Å². The number of nitrogens with zero attached hydrogens (tertiary/aromatic N) is 1. The second-order valence-electron chi connectivity index (χ2n) is 3.88. The molecule has 0 bridgehead atoms. The second-order valence-corrected chi connectivity index (χ2v) is 3.88. The molecule has 0 aromatic heterocycles. The highest BCUT2D eigenvalue weighted by Gasteiger charge is 2.12. The van der Waals surface area contributed by atoms with E-state index in [0.717, 1.165) is 0 Å². The van der Waals surface area contributed by atoms with E-state index in [0.29, 0.717) is 6.54 Å². The van der Waals surface area contributed by atoms with Crippen molar-refractivity contribution in [2.24, 2.45) is 5.73 Å². The SMILES string of the molecule is CC.NCc1ccccc1N1CCCCC1. The van der Waals surface area contributed by atoms with E-state index in [1.807, 2.05) is 13.8 Å². The van der Waals surface area contributed by atoms with Gasteiger partial charge in [-0.2, -0.15) is 0 Å². The van der Waals surface area contributed by atoms with Crippen LogP contribution in [0.1, 0.15) is 38.7 Å². The van der Waals surface area contributed by atoms with E-state index in [9.17, 15) is 0 Å². The van der Waals surface area contributed by atoms with Gasteiger partial charge in [-0.15, -0.1) is 0 Å². The van der Waals surface area contributed by atoms with Crippen LogP contribution in [0.4, 0.5) is 5.69 Å². The highest BCUT2D eigenvalue weighted by molar-refractivity contribution is 5.53. The number of hydrogen-bond acceptors (Lipinski definition) is 2.